The summed E-state index contributed by atoms with van der Waals surface area (Å²) in [5, 5.41) is 0. The van der Waals surface area contributed by atoms with Gasteiger partial charge in [-0.3, -0.25) is 0 Å². The SMILES string of the molecule is C/C=C\C(=O)[O][Sn]([CH2]CCCCCCC)([CH2]CCCCCCC)[O]C(=O)/C=C\C. The molecular weight excluding hydrogens is 471 g/mol. The zero-order valence-corrected chi connectivity index (χ0v) is 22.2. The van der Waals surface area contributed by atoms with Gasteiger partial charge in [0.2, 0.25) is 0 Å². The molecule has 0 aliphatic heterocycles. The summed E-state index contributed by atoms with van der Waals surface area (Å²) in [6.07, 6.45) is 20.3. The van der Waals surface area contributed by atoms with Crippen LogP contribution in [0.25, 0.3) is 0 Å². The van der Waals surface area contributed by atoms with Crippen molar-refractivity contribution < 1.29 is 15.7 Å². The number of rotatable bonds is 18. The monoisotopic (exact) mass is 516 g/mol. The van der Waals surface area contributed by atoms with Crippen molar-refractivity contribution in [1.29, 1.82) is 0 Å². The Labute approximate surface area is 184 Å². The summed E-state index contributed by atoms with van der Waals surface area (Å²) < 4.78 is 13.4. The van der Waals surface area contributed by atoms with Crippen molar-refractivity contribution in [1.82, 2.24) is 0 Å². The molecule has 5 heteroatoms. The van der Waals surface area contributed by atoms with Crippen LogP contribution in [0.1, 0.15) is 105 Å². The Bertz CT molecular complexity index is 441. The number of unbranched alkanes of at least 4 members (excludes halogenated alkanes) is 10. The first-order valence-corrected chi connectivity index (χ1v) is 18.1. The number of carbonyl (C=O) groups excluding carboxylic acids is 2. The van der Waals surface area contributed by atoms with Crippen LogP contribution in [0, 0.1) is 0 Å². The Balaban J connectivity index is 5.05. The van der Waals surface area contributed by atoms with Crippen molar-refractivity contribution in [3.63, 3.8) is 0 Å². The summed E-state index contributed by atoms with van der Waals surface area (Å²) in [6.45, 7) is 8.02. The van der Waals surface area contributed by atoms with Gasteiger partial charge in [0.15, 0.2) is 0 Å². The molecule has 0 unspecified atom stereocenters. The van der Waals surface area contributed by atoms with Crippen molar-refractivity contribution in [3.8, 4) is 0 Å². The van der Waals surface area contributed by atoms with E-state index in [1.807, 2.05) is 0 Å². The zero-order valence-electron chi connectivity index (χ0n) is 19.3. The summed E-state index contributed by atoms with van der Waals surface area (Å²) in [6, 6.07) is 0. The fourth-order valence-electron chi connectivity index (χ4n) is 3.41. The maximum absolute atomic E-state index is 12.3. The minimum atomic E-state index is -3.84. The van der Waals surface area contributed by atoms with E-state index >= 15 is 0 Å². The van der Waals surface area contributed by atoms with E-state index in [9.17, 15) is 9.59 Å². The summed E-state index contributed by atoms with van der Waals surface area (Å²) in [7, 11) is 0. The summed E-state index contributed by atoms with van der Waals surface area (Å²) in [5.74, 6) is -0.706. The molecule has 0 N–H and O–H groups in total. The van der Waals surface area contributed by atoms with E-state index in [1.165, 1.54) is 63.5 Å². The van der Waals surface area contributed by atoms with Gasteiger partial charge in [0, 0.05) is 0 Å². The quantitative estimate of drug-likeness (QED) is 0.109. The molecule has 0 heterocycles. The first-order chi connectivity index (χ1) is 14.0. The van der Waals surface area contributed by atoms with Crippen molar-refractivity contribution in [2.24, 2.45) is 0 Å². The predicted octanol–water partition coefficient (Wildman–Crippen LogP) is 7.39. The molecule has 4 nitrogen and oxygen atoms in total. The predicted molar refractivity (Wildman–Crippen MR) is 124 cm³/mol. The first kappa shape index (κ1) is 28.2. The molecular formula is C24H44O4Sn. The molecule has 0 atom stereocenters. The average molecular weight is 515 g/mol. The fraction of sp³-hybridized carbons (Fsp3) is 0.750. The van der Waals surface area contributed by atoms with Gasteiger partial charge in [-0.05, 0) is 0 Å². The number of carbonyl (C=O) groups is 2. The molecule has 0 aliphatic rings. The van der Waals surface area contributed by atoms with Gasteiger partial charge in [0.05, 0.1) is 0 Å². The third kappa shape index (κ3) is 15.7. The van der Waals surface area contributed by atoms with Gasteiger partial charge < -0.3 is 0 Å². The van der Waals surface area contributed by atoms with E-state index in [1.54, 1.807) is 26.0 Å². The van der Waals surface area contributed by atoms with Crippen LogP contribution >= 0.6 is 0 Å². The normalized spacial score (nSPS) is 12.0. The van der Waals surface area contributed by atoms with Crippen molar-refractivity contribution >= 4 is 31.1 Å². The van der Waals surface area contributed by atoms with Gasteiger partial charge in [-0.25, -0.2) is 0 Å². The van der Waals surface area contributed by atoms with Crippen LogP contribution in [0.5, 0.6) is 0 Å². The van der Waals surface area contributed by atoms with Crippen LogP contribution in [-0.4, -0.2) is 31.1 Å². The zero-order chi connectivity index (χ0) is 21.8. The molecule has 0 amide bonds. The molecule has 29 heavy (non-hydrogen) atoms. The van der Waals surface area contributed by atoms with E-state index in [2.05, 4.69) is 13.8 Å². The number of allylic oxidation sites excluding steroid dienone is 2. The molecule has 0 bridgehead atoms. The van der Waals surface area contributed by atoms with Gasteiger partial charge in [0.25, 0.3) is 0 Å². The molecule has 0 fully saturated rings. The number of hydrogen-bond donors (Lipinski definition) is 0. The molecule has 0 spiro atoms. The van der Waals surface area contributed by atoms with Crippen molar-refractivity contribution in [3.05, 3.63) is 24.3 Å². The maximum atomic E-state index is 12.3. The molecule has 0 aromatic carbocycles. The molecule has 0 radical (unpaired) electrons. The van der Waals surface area contributed by atoms with Gasteiger partial charge in [-0.1, -0.05) is 0 Å². The first-order valence-electron chi connectivity index (χ1n) is 11.7. The number of hydrogen-bond acceptors (Lipinski definition) is 4. The average Bonchev–Trinajstić information content (AvgIpc) is 2.67. The summed E-state index contributed by atoms with van der Waals surface area (Å²) in [5.41, 5.74) is 0. The van der Waals surface area contributed by atoms with Gasteiger partial charge in [-0.2, -0.15) is 0 Å². The Morgan fingerprint density at radius 1 is 0.621 bits per heavy atom. The Morgan fingerprint density at radius 2 is 0.966 bits per heavy atom. The minimum absolute atomic E-state index is 0.353. The second kappa shape index (κ2) is 19.2. The van der Waals surface area contributed by atoms with E-state index in [0.717, 1.165) is 34.6 Å². The van der Waals surface area contributed by atoms with Gasteiger partial charge in [0.1, 0.15) is 0 Å². The second-order valence-electron chi connectivity index (χ2n) is 7.79. The Hall–Kier alpha value is -0.781. The molecule has 0 rings (SSSR count). The fourth-order valence-corrected chi connectivity index (χ4v) is 12.4. The van der Waals surface area contributed by atoms with E-state index in [4.69, 9.17) is 6.15 Å². The van der Waals surface area contributed by atoms with Crippen molar-refractivity contribution in [2.75, 3.05) is 0 Å². The Kier molecular flexibility index (Phi) is 18.7. The topological polar surface area (TPSA) is 52.6 Å². The molecule has 0 aromatic rings. The summed E-state index contributed by atoms with van der Waals surface area (Å²) in [4.78, 5) is 24.6. The van der Waals surface area contributed by atoms with Crippen LogP contribution in [0.15, 0.2) is 24.3 Å². The third-order valence-corrected chi connectivity index (χ3v) is 14.6. The Morgan fingerprint density at radius 3 is 1.31 bits per heavy atom. The molecule has 0 aliphatic carbocycles. The standard InChI is InChI=1S/2C8H17.2C4H6O2.Sn/c2*1-3-5-7-8-6-4-2;2*1-2-3-4(5)6;/h2*1,3-8H2,2H3;2*2-3H,1H3,(H,5,6);/q;;;;+2/p-2/b;;2*3-2-;. The van der Waals surface area contributed by atoms with Crippen LogP contribution in [0.2, 0.25) is 8.87 Å². The second-order valence-corrected chi connectivity index (χ2v) is 17.0. The van der Waals surface area contributed by atoms with E-state index in [0.29, 0.717) is 0 Å². The van der Waals surface area contributed by atoms with Crippen LogP contribution in [0.4, 0.5) is 0 Å². The van der Waals surface area contributed by atoms with Gasteiger partial charge >= 0.3 is 185 Å². The van der Waals surface area contributed by atoms with Crippen LogP contribution < -0.4 is 0 Å². The van der Waals surface area contributed by atoms with Crippen LogP contribution in [-0.2, 0) is 15.7 Å². The van der Waals surface area contributed by atoms with Crippen molar-refractivity contribution in [2.45, 2.75) is 114 Å². The van der Waals surface area contributed by atoms with Gasteiger partial charge in [-0.15, -0.1) is 0 Å². The molecule has 0 aromatic heterocycles. The van der Waals surface area contributed by atoms with E-state index < -0.39 is 19.2 Å². The van der Waals surface area contributed by atoms with E-state index in [-0.39, 0.29) is 11.9 Å². The molecule has 168 valence electrons. The summed E-state index contributed by atoms with van der Waals surface area (Å²) >= 11 is -3.84. The third-order valence-electron chi connectivity index (χ3n) is 5.00. The molecule has 0 saturated heterocycles. The molecule has 0 saturated carbocycles. The van der Waals surface area contributed by atoms with Crippen LogP contribution in [0.3, 0.4) is 0 Å².